The molecule has 0 spiro atoms. The number of carbonyl (C=O) groups excluding carboxylic acids is 1. The first kappa shape index (κ1) is 16.6. The van der Waals surface area contributed by atoms with E-state index in [1.807, 2.05) is 41.4 Å². The molecule has 1 amide bonds. The van der Waals surface area contributed by atoms with Crippen LogP contribution in [0, 0.1) is 0 Å². The number of carbonyl (C=O) groups is 1. The number of likely N-dealkylation sites (tertiary alicyclic amines) is 1. The van der Waals surface area contributed by atoms with Crippen molar-refractivity contribution >= 4 is 17.5 Å². The van der Waals surface area contributed by atoms with E-state index in [-0.39, 0.29) is 12.0 Å². The van der Waals surface area contributed by atoms with Gasteiger partial charge in [0.05, 0.1) is 12.2 Å². The third-order valence-corrected chi connectivity index (χ3v) is 4.61. The van der Waals surface area contributed by atoms with Gasteiger partial charge in [0, 0.05) is 49.4 Å². The van der Waals surface area contributed by atoms with Gasteiger partial charge in [-0.15, -0.1) is 0 Å². The molecule has 1 unspecified atom stereocenters. The van der Waals surface area contributed by atoms with Crippen LogP contribution in [0.5, 0.6) is 5.75 Å². The van der Waals surface area contributed by atoms with E-state index in [1.165, 1.54) is 0 Å². The number of aromatic nitrogens is 3. The third-order valence-electron chi connectivity index (χ3n) is 4.32. The molecular formula is C19H17ClN4O2. The quantitative estimate of drug-likeness (QED) is 0.709. The second-order valence-corrected chi connectivity index (χ2v) is 6.49. The van der Waals surface area contributed by atoms with Gasteiger partial charge in [-0.1, -0.05) is 17.7 Å². The van der Waals surface area contributed by atoms with Crippen LogP contribution in [0.25, 0.3) is 5.69 Å². The molecule has 1 atom stereocenters. The van der Waals surface area contributed by atoms with Crippen LogP contribution in [0.1, 0.15) is 16.8 Å². The monoisotopic (exact) mass is 368 g/mol. The zero-order chi connectivity index (χ0) is 17.9. The van der Waals surface area contributed by atoms with Gasteiger partial charge in [0.15, 0.2) is 0 Å². The van der Waals surface area contributed by atoms with Crippen molar-refractivity contribution in [2.75, 3.05) is 13.1 Å². The third kappa shape index (κ3) is 3.41. The van der Waals surface area contributed by atoms with Gasteiger partial charge in [-0.05, 0) is 24.3 Å². The van der Waals surface area contributed by atoms with Crippen molar-refractivity contribution < 1.29 is 9.53 Å². The van der Waals surface area contributed by atoms with E-state index < -0.39 is 0 Å². The minimum Gasteiger partial charge on any atom is -0.487 e. The Morgan fingerprint density at radius 3 is 2.96 bits per heavy atom. The molecule has 1 aliphatic rings. The lowest BCUT2D eigenvalue weighted by Gasteiger charge is -2.18. The molecule has 1 fully saturated rings. The molecule has 3 aromatic rings. The highest BCUT2D eigenvalue weighted by atomic mass is 35.5. The van der Waals surface area contributed by atoms with E-state index >= 15 is 0 Å². The number of rotatable bonds is 4. The largest absolute Gasteiger partial charge is 0.487 e. The van der Waals surface area contributed by atoms with Crippen molar-refractivity contribution in [2.45, 2.75) is 12.5 Å². The first-order valence-electron chi connectivity index (χ1n) is 8.36. The number of ether oxygens (including phenoxy) is 1. The lowest BCUT2D eigenvalue weighted by molar-refractivity contribution is 0.0772. The summed E-state index contributed by atoms with van der Waals surface area (Å²) in [4.78, 5) is 18.6. The molecule has 1 aromatic carbocycles. The molecule has 1 aliphatic heterocycles. The summed E-state index contributed by atoms with van der Waals surface area (Å²) >= 11 is 6.09. The molecule has 2 aromatic heterocycles. The topological polar surface area (TPSA) is 60.2 Å². The molecule has 26 heavy (non-hydrogen) atoms. The van der Waals surface area contributed by atoms with Gasteiger partial charge in [-0.2, -0.15) is 5.10 Å². The first-order valence-corrected chi connectivity index (χ1v) is 8.74. The number of hydrogen-bond donors (Lipinski definition) is 0. The smallest absolute Gasteiger partial charge is 0.254 e. The number of hydrogen-bond acceptors (Lipinski definition) is 4. The van der Waals surface area contributed by atoms with Crippen LogP contribution in [0.3, 0.4) is 0 Å². The average molecular weight is 369 g/mol. The first-order chi connectivity index (χ1) is 12.7. The second kappa shape index (κ2) is 7.17. The number of pyridine rings is 1. The van der Waals surface area contributed by atoms with Crippen LogP contribution >= 0.6 is 11.6 Å². The normalized spacial score (nSPS) is 16.7. The van der Waals surface area contributed by atoms with E-state index in [2.05, 4.69) is 10.1 Å². The molecule has 6 nitrogen and oxygen atoms in total. The Morgan fingerprint density at radius 2 is 2.15 bits per heavy atom. The van der Waals surface area contributed by atoms with E-state index in [4.69, 9.17) is 16.3 Å². The Hall–Kier alpha value is -2.86. The molecule has 7 heteroatoms. The predicted molar refractivity (Wildman–Crippen MR) is 97.7 cm³/mol. The summed E-state index contributed by atoms with van der Waals surface area (Å²) in [7, 11) is 0. The SMILES string of the molecule is O=C(c1cccc(-n2cccn2)c1)N1CCC(Oc2ccncc2Cl)C1. The van der Waals surface area contributed by atoms with E-state index in [1.54, 1.807) is 29.3 Å². The lowest BCUT2D eigenvalue weighted by atomic mass is 10.2. The fourth-order valence-corrected chi connectivity index (χ4v) is 3.20. The highest BCUT2D eigenvalue weighted by Gasteiger charge is 2.28. The maximum absolute atomic E-state index is 12.8. The van der Waals surface area contributed by atoms with Gasteiger partial charge in [0.1, 0.15) is 16.9 Å². The Morgan fingerprint density at radius 1 is 1.23 bits per heavy atom. The second-order valence-electron chi connectivity index (χ2n) is 6.09. The molecular weight excluding hydrogens is 352 g/mol. The van der Waals surface area contributed by atoms with Crippen LogP contribution < -0.4 is 4.74 Å². The van der Waals surface area contributed by atoms with Crippen LogP contribution in [0.4, 0.5) is 0 Å². The fraction of sp³-hybridized carbons (Fsp3) is 0.211. The fourth-order valence-electron chi connectivity index (χ4n) is 3.03. The van der Waals surface area contributed by atoms with E-state index in [9.17, 15) is 4.79 Å². The van der Waals surface area contributed by atoms with Crippen molar-refractivity contribution in [1.29, 1.82) is 0 Å². The Kier molecular flexibility index (Phi) is 4.58. The molecule has 0 bridgehead atoms. The summed E-state index contributed by atoms with van der Waals surface area (Å²) in [6.07, 6.45) is 7.44. The summed E-state index contributed by atoms with van der Waals surface area (Å²) in [5, 5.41) is 4.68. The van der Waals surface area contributed by atoms with Gasteiger partial charge in [0.2, 0.25) is 0 Å². The Labute approximate surface area is 156 Å². The van der Waals surface area contributed by atoms with E-state index in [0.717, 1.165) is 12.1 Å². The van der Waals surface area contributed by atoms with Crippen LogP contribution in [0.15, 0.2) is 61.2 Å². The molecule has 4 rings (SSSR count). The minimum atomic E-state index is -0.0758. The highest BCUT2D eigenvalue weighted by molar-refractivity contribution is 6.31. The maximum atomic E-state index is 12.8. The maximum Gasteiger partial charge on any atom is 0.254 e. The van der Waals surface area contributed by atoms with Crippen molar-refractivity contribution in [3.8, 4) is 11.4 Å². The van der Waals surface area contributed by atoms with Crippen molar-refractivity contribution in [1.82, 2.24) is 19.7 Å². The Bertz CT molecular complexity index is 913. The summed E-state index contributed by atoms with van der Waals surface area (Å²) in [6, 6.07) is 11.0. The highest BCUT2D eigenvalue weighted by Crippen LogP contribution is 2.26. The molecule has 0 aliphatic carbocycles. The van der Waals surface area contributed by atoms with Crippen LogP contribution in [0.2, 0.25) is 5.02 Å². The van der Waals surface area contributed by atoms with Crippen molar-refractivity contribution in [2.24, 2.45) is 0 Å². The number of halogens is 1. The van der Waals surface area contributed by atoms with Gasteiger partial charge in [-0.3, -0.25) is 9.78 Å². The van der Waals surface area contributed by atoms with Gasteiger partial charge in [-0.25, -0.2) is 4.68 Å². The molecule has 3 heterocycles. The zero-order valence-corrected chi connectivity index (χ0v) is 14.7. The lowest BCUT2D eigenvalue weighted by Crippen LogP contribution is -2.31. The summed E-state index contributed by atoms with van der Waals surface area (Å²) < 4.78 is 7.66. The van der Waals surface area contributed by atoms with Crippen LogP contribution in [-0.4, -0.2) is 44.8 Å². The number of amides is 1. The Balaban J connectivity index is 1.45. The summed E-state index contributed by atoms with van der Waals surface area (Å²) in [5.74, 6) is 0.590. The van der Waals surface area contributed by atoms with Gasteiger partial charge < -0.3 is 9.64 Å². The minimum absolute atomic E-state index is 0.00840. The van der Waals surface area contributed by atoms with E-state index in [0.29, 0.717) is 29.4 Å². The van der Waals surface area contributed by atoms with Gasteiger partial charge in [0.25, 0.3) is 5.91 Å². The van der Waals surface area contributed by atoms with Gasteiger partial charge >= 0.3 is 0 Å². The molecule has 0 radical (unpaired) electrons. The number of nitrogens with zero attached hydrogens (tertiary/aromatic N) is 4. The summed E-state index contributed by atoms with van der Waals surface area (Å²) in [6.45, 7) is 1.18. The average Bonchev–Trinajstić information content (AvgIpc) is 3.35. The van der Waals surface area contributed by atoms with Crippen LogP contribution in [-0.2, 0) is 0 Å². The van der Waals surface area contributed by atoms with Crippen molar-refractivity contribution in [3.05, 3.63) is 71.8 Å². The predicted octanol–water partition coefficient (Wildman–Crippen LogP) is 3.21. The molecule has 0 saturated carbocycles. The zero-order valence-electron chi connectivity index (χ0n) is 14.0. The molecule has 0 N–H and O–H groups in total. The van der Waals surface area contributed by atoms with Crippen molar-refractivity contribution in [3.63, 3.8) is 0 Å². The molecule has 1 saturated heterocycles. The standard InChI is InChI=1S/C19H17ClN4O2/c20-17-12-21-8-5-18(17)26-16-6-10-23(13-16)19(25)14-3-1-4-15(11-14)24-9-2-7-22-24/h1-5,7-9,11-12,16H,6,10,13H2. The number of benzene rings is 1. The molecule has 132 valence electrons. The summed E-state index contributed by atoms with van der Waals surface area (Å²) in [5.41, 5.74) is 1.50.